The van der Waals surface area contributed by atoms with Crippen molar-refractivity contribution in [3.63, 3.8) is 0 Å². The Kier molecular flexibility index (Phi) is 4.55. The molecule has 0 bridgehead atoms. The first-order valence-electron chi connectivity index (χ1n) is 5.06. The van der Waals surface area contributed by atoms with Crippen LogP contribution in [-0.4, -0.2) is 20.0 Å². The molecule has 20 heavy (non-hydrogen) atoms. The van der Waals surface area contributed by atoms with E-state index >= 15 is 0 Å². The molecule has 108 valence electrons. The quantitative estimate of drug-likeness (QED) is 0.858. The Labute approximate surface area is 125 Å². The number of ether oxygens (including phenoxy) is 1. The number of anilines is 1. The van der Waals surface area contributed by atoms with E-state index in [-0.39, 0.29) is 15.8 Å². The van der Waals surface area contributed by atoms with Crippen molar-refractivity contribution in [1.29, 1.82) is 0 Å². The number of sulfonamides is 1. The third-order valence-corrected chi connectivity index (χ3v) is 5.49. The predicted octanol–water partition coefficient (Wildman–Crippen LogP) is 3.31. The lowest BCUT2D eigenvalue weighted by atomic mass is 10.4. The van der Waals surface area contributed by atoms with Gasteiger partial charge in [0, 0.05) is 6.20 Å². The maximum absolute atomic E-state index is 12.2. The second kappa shape index (κ2) is 6.02. The van der Waals surface area contributed by atoms with Crippen molar-refractivity contribution >= 4 is 43.1 Å². The summed E-state index contributed by atoms with van der Waals surface area (Å²) < 4.78 is 55.5. The molecule has 5 nitrogen and oxygen atoms in total. The van der Waals surface area contributed by atoms with Gasteiger partial charge in [0.1, 0.15) is 4.21 Å². The minimum atomic E-state index is -3.90. The first kappa shape index (κ1) is 15.1. The van der Waals surface area contributed by atoms with E-state index in [1.54, 1.807) is 6.07 Å². The van der Waals surface area contributed by atoms with Crippen molar-refractivity contribution in [3.8, 4) is 5.75 Å². The second-order valence-electron chi connectivity index (χ2n) is 3.39. The van der Waals surface area contributed by atoms with Crippen LogP contribution in [0, 0.1) is 0 Å². The SMILES string of the molecule is O=S(=O)(Nc1ncccc1OC(F)F)c1ccc(Br)s1. The summed E-state index contributed by atoms with van der Waals surface area (Å²) in [6.45, 7) is -3.07. The van der Waals surface area contributed by atoms with Crippen LogP contribution in [0.5, 0.6) is 5.75 Å². The molecule has 2 aromatic heterocycles. The molecule has 0 atom stereocenters. The number of hydrogen-bond acceptors (Lipinski definition) is 5. The molecule has 0 fully saturated rings. The van der Waals surface area contributed by atoms with E-state index in [2.05, 4.69) is 30.4 Å². The Morgan fingerprint density at radius 1 is 1.35 bits per heavy atom. The van der Waals surface area contributed by atoms with Crippen LogP contribution in [0.2, 0.25) is 0 Å². The Morgan fingerprint density at radius 3 is 2.70 bits per heavy atom. The zero-order valence-electron chi connectivity index (χ0n) is 9.59. The van der Waals surface area contributed by atoms with Gasteiger partial charge in [-0.25, -0.2) is 13.4 Å². The molecule has 0 aromatic carbocycles. The normalized spacial score (nSPS) is 11.6. The molecule has 10 heteroatoms. The highest BCUT2D eigenvalue weighted by Crippen LogP contribution is 2.30. The van der Waals surface area contributed by atoms with Gasteiger partial charge in [-0.3, -0.25) is 4.72 Å². The Bertz CT molecular complexity index is 706. The molecule has 0 saturated heterocycles. The molecule has 0 aliphatic rings. The highest BCUT2D eigenvalue weighted by Gasteiger charge is 2.20. The summed E-state index contributed by atoms with van der Waals surface area (Å²) in [7, 11) is -3.90. The molecule has 0 unspecified atom stereocenters. The van der Waals surface area contributed by atoms with E-state index in [1.807, 2.05) is 0 Å². The van der Waals surface area contributed by atoms with Crippen LogP contribution in [0.4, 0.5) is 14.6 Å². The third kappa shape index (κ3) is 3.64. The summed E-state index contributed by atoms with van der Waals surface area (Å²) in [6, 6.07) is 5.50. The van der Waals surface area contributed by atoms with E-state index < -0.39 is 16.6 Å². The summed E-state index contributed by atoms with van der Waals surface area (Å²) in [5.74, 6) is -0.640. The van der Waals surface area contributed by atoms with Crippen LogP contribution in [0.3, 0.4) is 0 Å². The summed E-state index contributed by atoms with van der Waals surface area (Å²) in [4.78, 5) is 3.69. The number of rotatable bonds is 5. The molecular weight excluding hydrogens is 378 g/mol. The number of halogens is 3. The van der Waals surface area contributed by atoms with Gasteiger partial charge >= 0.3 is 6.61 Å². The molecule has 0 saturated carbocycles. The number of nitrogens with zero attached hydrogens (tertiary/aromatic N) is 1. The fourth-order valence-corrected chi connectivity index (χ4v) is 4.31. The van der Waals surface area contributed by atoms with Crippen LogP contribution >= 0.6 is 27.3 Å². The molecule has 0 aliphatic heterocycles. The van der Waals surface area contributed by atoms with E-state index in [1.165, 1.54) is 24.4 Å². The molecule has 0 amide bonds. The van der Waals surface area contributed by atoms with E-state index in [9.17, 15) is 17.2 Å². The lowest BCUT2D eigenvalue weighted by molar-refractivity contribution is -0.0495. The van der Waals surface area contributed by atoms with Crippen LogP contribution in [0.1, 0.15) is 0 Å². The number of alkyl halides is 2. The highest BCUT2D eigenvalue weighted by molar-refractivity contribution is 9.11. The van der Waals surface area contributed by atoms with Gasteiger partial charge in [0.15, 0.2) is 11.6 Å². The van der Waals surface area contributed by atoms with Crippen molar-refractivity contribution in [3.05, 3.63) is 34.2 Å². The zero-order chi connectivity index (χ0) is 14.8. The maximum atomic E-state index is 12.2. The number of thiophene rings is 1. The van der Waals surface area contributed by atoms with Crippen LogP contribution in [-0.2, 0) is 10.0 Å². The molecule has 2 heterocycles. The Balaban J connectivity index is 2.30. The number of hydrogen-bond donors (Lipinski definition) is 1. The van der Waals surface area contributed by atoms with Gasteiger partial charge in [-0.05, 0) is 40.2 Å². The molecule has 0 radical (unpaired) electrons. The van der Waals surface area contributed by atoms with Gasteiger partial charge in [0.05, 0.1) is 3.79 Å². The predicted molar refractivity (Wildman–Crippen MR) is 73.7 cm³/mol. The standard InChI is InChI=1S/C10H7BrF2N2O3S2/c11-7-3-4-8(19-7)20(16,17)15-9-6(18-10(12)13)2-1-5-14-9/h1-5,10H,(H,14,15). The fourth-order valence-electron chi connectivity index (χ4n) is 1.28. The molecule has 2 rings (SSSR count). The topological polar surface area (TPSA) is 68.3 Å². The Hall–Kier alpha value is -1.26. The molecule has 0 spiro atoms. The van der Waals surface area contributed by atoms with E-state index in [0.717, 1.165) is 11.3 Å². The summed E-state index contributed by atoms with van der Waals surface area (Å²) in [5, 5.41) is 0. The second-order valence-corrected chi connectivity index (χ2v) is 7.76. The first-order chi connectivity index (χ1) is 9.38. The smallest absolute Gasteiger partial charge is 0.387 e. The zero-order valence-corrected chi connectivity index (χ0v) is 12.8. The molecule has 1 N–H and O–H groups in total. The highest BCUT2D eigenvalue weighted by atomic mass is 79.9. The molecular formula is C10H7BrF2N2O3S2. The van der Waals surface area contributed by atoms with Gasteiger partial charge in [-0.15, -0.1) is 11.3 Å². The van der Waals surface area contributed by atoms with Crippen molar-refractivity contribution in [2.75, 3.05) is 4.72 Å². The van der Waals surface area contributed by atoms with E-state index in [4.69, 9.17) is 0 Å². The summed E-state index contributed by atoms with van der Waals surface area (Å²) in [6.07, 6.45) is 1.26. The number of aromatic nitrogens is 1. The average molecular weight is 385 g/mol. The minimum Gasteiger partial charge on any atom is -0.431 e. The van der Waals surface area contributed by atoms with Crippen LogP contribution in [0.15, 0.2) is 38.5 Å². The maximum Gasteiger partial charge on any atom is 0.387 e. The monoisotopic (exact) mass is 384 g/mol. The summed E-state index contributed by atoms with van der Waals surface area (Å²) in [5.41, 5.74) is 0. The fraction of sp³-hybridized carbons (Fsp3) is 0.100. The van der Waals surface area contributed by atoms with E-state index in [0.29, 0.717) is 3.79 Å². The lowest BCUT2D eigenvalue weighted by Gasteiger charge is -2.10. The van der Waals surface area contributed by atoms with Gasteiger partial charge < -0.3 is 4.74 Å². The average Bonchev–Trinajstić information content (AvgIpc) is 2.78. The minimum absolute atomic E-state index is 0.0259. The molecule has 0 aliphatic carbocycles. The van der Waals surface area contributed by atoms with Gasteiger partial charge in [0.2, 0.25) is 0 Å². The Morgan fingerprint density at radius 2 is 2.10 bits per heavy atom. The van der Waals surface area contributed by atoms with Crippen molar-refractivity contribution in [1.82, 2.24) is 4.98 Å². The number of pyridine rings is 1. The largest absolute Gasteiger partial charge is 0.431 e. The van der Waals surface area contributed by atoms with Crippen molar-refractivity contribution in [2.45, 2.75) is 10.8 Å². The van der Waals surface area contributed by atoms with Crippen molar-refractivity contribution in [2.24, 2.45) is 0 Å². The third-order valence-electron chi connectivity index (χ3n) is 2.03. The van der Waals surface area contributed by atoms with Gasteiger partial charge in [-0.2, -0.15) is 8.78 Å². The lowest BCUT2D eigenvalue weighted by Crippen LogP contribution is -2.14. The van der Waals surface area contributed by atoms with Crippen LogP contribution in [0.25, 0.3) is 0 Å². The first-order valence-corrected chi connectivity index (χ1v) is 8.16. The number of nitrogens with one attached hydrogen (secondary N) is 1. The van der Waals surface area contributed by atoms with Crippen molar-refractivity contribution < 1.29 is 21.9 Å². The van der Waals surface area contributed by atoms with Gasteiger partial charge in [0.25, 0.3) is 10.0 Å². The molecule has 2 aromatic rings. The van der Waals surface area contributed by atoms with Crippen LogP contribution < -0.4 is 9.46 Å². The summed E-state index contributed by atoms with van der Waals surface area (Å²) >= 11 is 4.13. The van der Waals surface area contributed by atoms with Gasteiger partial charge in [-0.1, -0.05) is 0 Å².